The summed E-state index contributed by atoms with van der Waals surface area (Å²) in [5, 5.41) is 16.8. The molecule has 0 aliphatic carbocycles. The highest BCUT2D eigenvalue weighted by molar-refractivity contribution is 6.74. The Kier molecular flexibility index (Phi) is 5.50. The quantitative estimate of drug-likeness (QED) is 0.337. The summed E-state index contributed by atoms with van der Waals surface area (Å²) < 4.78 is 6.15. The molecule has 0 bridgehead atoms. The van der Waals surface area contributed by atoms with Crippen molar-refractivity contribution in [1.82, 2.24) is 5.48 Å². The summed E-state index contributed by atoms with van der Waals surface area (Å²) in [6.07, 6.45) is 0.743. The van der Waals surface area contributed by atoms with Crippen LogP contribution in [0.2, 0.25) is 18.1 Å². The molecular weight excluding hydrogens is 268 g/mol. The fourth-order valence-electron chi connectivity index (χ4n) is 1.68. The Morgan fingerprint density at radius 1 is 1.30 bits per heavy atom. The predicted molar refractivity (Wildman–Crippen MR) is 85.0 cm³/mol. The first-order valence-corrected chi connectivity index (χ1v) is 9.81. The third-order valence-corrected chi connectivity index (χ3v) is 8.58. The molecule has 0 aliphatic heterocycles. The van der Waals surface area contributed by atoms with Gasteiger partial charge in [0.15, 0.2) is 8.32 Å². The van der Waals surface area contributed by atoms with Crippen LogP contribution in [0, 0.1) is 5.41 Å². The number of amidine groups is 1. The topological polar surface area (TPSA) is 65.3 Å². The first-order valence-electron chi connectivity index (χ1n) is 6.90. The number of hydrogen-bond donors (Lipinski definition) is 3. The molecule has 20 heavy (non-hydrogen) atoms. The van der Waals surface area contributed by atoms with Gasteiger partial charge in [-0.25, -0.2) is 0 Å². The van der Waals surface area contributed by atoms with E-state index in [2.05, 4.69) is 33.9 Å². The van der Waals surface area contributed by atoms with Gasteiger partial charge in [0.05, 0.1) is 0 Å². The molecule has 0 atom stereocenters. The Hall–Kier alpha value is -1.17. The van der Waals surface area contributed by atoms with E-state index in [1.165, 1.54) is 0 Å². The van der Waals surface area contributed by atoms with Crippen LogP contribution in [0.1, 0.15) is 31.9 Å². The Bertz CT molecular complexity index is 467. The molecule has 5 heteroatoms. The third-order valence-electron chi connectivity index (χ3n) is 4.04. The monoisotopic (exact) mass is 294 g/mol. The second-order valence-electron chi connectivity index (χ2n) is 6.50. The Morgan fingerprint density at radius 3 is 2.45 bits per heavy atom. The van der Waals surface area contributed by atoms with Crippen molar-refractivity contribution in [1.29, 1.82) is 5.41 Å². The van der Waals surface area contributed by atoms with Crippen molar-refractivity contribution in [2.24, 2.45) is 0 Å². The van der Waals surface area contributed by atoms with Crippen LogP contribution in [0.3, 0.4) is 0 Å². The molecule has 0 unspecified atom stereocenters. The lowest BCUT2D eigenvalue weighted by Crippen LogP contribution is -2.41. The standard InChI is InChI=1S/C15H26N2O2Si/c1-15(2,3)20(4,5)19-11-10-12-8-6-7-9-13(12)14(16)17-18/h6-9,18H,10-11H2,1-5H3,(H2,16,17). The summed E-state index contributed by atoms with van der Waals surface area (Å²) in [6, 6.07) is 7.60. The van der Waals surface area contributed by atoms with Crippen LogP contribution in [0.25, 0.3) is 0 Å². The summed E-state index contributed by atoms with van der Waals surface area (Å²) in [5.74, 6) is 0.0212. The van der Waals surface area contributed by atoms with Crippen LogP contribution in [0.5, 0.6) is 0 Å². The maximum Gasteiger partial charge on any atom is 0.191 e. The van der Waals surface area contributed by atoms with Gasteiger partial charge in [-0.05, 0) is 30.1 Å². The number of benzene rings is 1. The zero-order valence-electron chi connectivity index (χ0n) is 13.1. The van der Waals surface area contributed by atoms with E-state index in [1.54, 1.807) is 0 Å². The van der Waals surface area contributed by atoms with E-state index in [9.17, 15) is 0 Å². The van der Waals surface area contributed by atoms with Crippen molar-refractivity contribution in [2.45, 2.75) is 45.3 Å². The van der Waals surface area contributed by atoms with Crippen LogP contribution >= 0.6 is 0 Å². The number of hydrogen-bond acceptors (Lipinski definition) is 3. The first kappa shape index (κ1) is 16.9. The minimum atomic E-state index is -1.73. The number of hydroxylamine groups is 1. The maximum atomic E-state index is 8.88. The van der Waals surface area contributed by atoms with Gasteiger partial charge in [-0.3, -0.25) is 16.1 Å². The maximum absolute atomic E-state index is 8.88. The molecule has 4 nitrogen and oxygen atoms in total. The fourth-order valence-corrected chi connectivity index (χ4v) is 2.72. The fraction of sp³-hybridized carbons (Fsp3) is 0.533. The smallest absolute Gasteiger partial charge is 0.191 e. The molecule has 0 fully saturated rings. The lowest BCUT2D eigenvalue weighted by Gasteiger charge is -2.36. The normalized spacial score (nSPS) is 12.3. The second kappa shape index (κ2) is 6.52. The molecule has 0 heterocycles. The summed E-state index contributed by atoms with van der Waals surface area (Å²) in [4.78, 5) is 0. The first-order chi connectivity index (χ1) is 9.19. The molecule has 0 amide bonds. The van der Waals surface area contributed by atoms with Crippen LogP contribution in [-0.4, -0.2) is 26.0 Å². The van der Waals surface area contributed by atoms with E-state index < -0.39 is 8.32 Å². The lowest BCUT2D eigenvalue weighted by molar-refractivity contribution is 0.234. The minimum absolute atomic E-state index is 0.0212. The average molecular weight is 294 g/mol. The van der Waals surface area contributed by atoms with Crippen molar-refractivity contribution in [3.8, 4) is 0 Å². The van der Waals surface area contributed by atoms with Gasteiger partial charge in [-0.1, -0.05) is 45.0 Å². The third kappa shape index (κ3) is 4.16. The zero-order valence-corrected chi connectivity index (χ0v) is 14.1. The largest absolute Gasteiger partial charge is 0.416 e. The van der Waals surface area contributed by atoms with E-state index in [0.717, 1.165) is 12.0 Å². The van der Waals surface area contributed by atoms with E-state index in [-0.39, 0.29) is 10.9 Å². The highest BCUT2D eigenvalue weighted by Crippen LogP contribution is 2.36. The van der Waals surface area contributed by atoms with Crippen molar-refractivity contribution in [3.63, 3.8) is 0 Å². The molecule has 1 aromatic carbocycles. The van der Waals surface area contributed by atoms with Crippen molar-refractivity contribution in [3.05, 3.63) is 35.4 Å². The van der Waals surface area contributed by atoms with E-state index >= 15 is 0 Å². The molecule has 0 radical (unpaired) electrons. The molecule has 0 saturated heterocycles. The van der Waals surface area contributed by atoms with Gasteiger partial charge in [0, 0.05) is 12.2 Å². The van der Waals surface area contributed by atoms with Gasteiger partial charge in [0.2, 0.25) is 0 Å². The van der Waals surface area contributed by atoms with Gasteiger partial charge >= 0.3 is 0 Å². The van der Waals surface area contributed by atoms with Crippen LogP contribution in [0.4, 0.5) is 0 Å². The Morgan fingerprint density at radius 2 is 1.90 bits per heavy atom. The number of rotatable bonds is 5. The Labute approximate surface area is 122 Å². The van der Waals surface area contributed by atoms with E-state index in [1.807, 2.05) is 29.7 Å². The molecule has 1 rings (SSSR count). The van der Waals surface area contributed by atoms with Crippen molar-refractivity contribution >= 4 is 14.2 Å². The summed E-state index contributed by atoms with van der Waals surface area (Å²) >= 11 is 0. The molecule has 0 aromatic heterocycles. The summed E-state index contributed by atoms with van der Waals surface area (Å²) in [7, 11) is -1.73. The minimum Gasteiger partial charge on any atom is -0.416 e. The van der Waals surface area contributed by atoms with Gasteiger partial charge in [-0.2, -0.15) is 0 Å². The summed E-state index contributed by atoms with van der Waals surface area (Å²) in [5.41, 5.74) is 3.63. The second-order valence-corrected chi connectivity index (χ2v) is 11.3. The number of nitrogens with one attached hydrogen (secondary N) is 2. The molecule has 1 aromatic rings. The average Bonchev–Trinajstić information content (AvgIpc) is 2.37. The molecular formula is C15H26N2O2Si. The van der Waals surface area contributed by atoms with Crippen molar-refractivity contribution < 1.29 is 9.63 Å². The SMILES string of the molecule is CC(C)(C)[Si](C)(C)OCCc1ccccc1C(=N)NO. The zero-order chi connectivity index (χ0) is 15.4. The molecule has 0 spiro atoms. The highest BCUT2D eigenvalue weighted by atomic mass is 28.4. The van der Waals surface area contributed by atoms with Crippen molar-refractivity contribution in [2.75, 3.05) is 6.61 Å². The van der Waals surface area contributed by atoms with Crippen LogP contribution in [-0.2, 0) is 10.8 Å². The van der Waals surface area contributed by atoms with Crippen LogP contribution < -0.4 is 5.48 Å². The Balaban J connectivity index is 2.70. The van der Waals surface area contributed by atoms with Crippen LogP contribution in [0.15, 0.2) is 24.3 Å². The van der Waals surface area contributed by atoms with Gasteiger partial charge < -0.3 is 4.43 Å². The molecule has 0 saturated carbocycles. The van der Waals surface area contributed by atoms with E-state index in [0.29, 0.717) is 12.2 Å². The van der Waals surface area contributed by atoms with Gasteiger partial charge in [0.1, 0.15) is 5.84 Å². The molecule has 3 N–H and O–H groups in total. The van der Waals surface area contributed by atoms with Gasteiger partial charge in [-0.15, -0.1) is 0 Å². The lowest BCUT2D eigenvalue weighted by atomic mass is 10.0. The van der Waals surface area contributed by atoms with E-state index in [4.69, 9.17) is 15.0 Å². The molecule has 112 valence electrons. The molecule has 0 aliphatic rings. The predicted octanol–water partition coefficient (Wildman–Crippen LogP) is 3.56. The van der Waals surface area contributed by atoms with Gasteiger partial charge in [0.25, 0.3) is 0 Å². The highest BCUT2D eigenvalue weighted by Gasteiger charge is 2.36. The summed E-state index contributed by atoms with van der Waals surface area (Å²) in [6.45, 7) is 11.8.